The molecule has 0 unspecified atom stereocenters. The SMILES string of the molecule is CCOC(=O)C1=C(C)N=c2s/c(=C\c3ccc(-c4ccc([N+](=O)[O-])cc4Cl)o3)c(=O)n2[C@H]1c1cccc(OC)c1. The van der Waals surface area contributed by atoms with Gasteiger partial charge in [0, 0.05) is 23.8 Å². The van der Waals surface area contributed by atoms with Gasteiger partial charge in [-0.05, 0) is 49.7 Å². The minimum atomic E-state index is -0.779. The Hall–Kier alpha value is -4.48. The molecule has 1 aliphatic heterocycles. The number of methoxy groups -OCH3 is 1. The van der Waals surface area contributed by atoms with Crippen LogP contribution in [0.3, 0.4) is 0 Å². The van der Waals surface area contributed by atoms with E-state index in [1.54, 1.807) is 57.4 Å². The Morgan fingerprint density at radius 2 is 2.05 bits per heavy atom. The number of aromatic nitrogens is 1. The third-order valence-electron chi connectivity index (χ3n) is 6.26. The quantitative estimate of drug-likeness (QED) is 0.177. The maximum Gasteiger partial charge on any atom is 0.338 e. The van der Waals surface area contributed by atoms with Gasteiger partial charge in [-0.25, -0.2) is 9.79 Å². The summed E-state index contributed by atoms with van der Waals surface area (Å²) in [5, 5.41) is 11.2. The van der Waals surface area contributed by atoms with E-state index in [4.69, 9.17) is 25.5 Å². The van der Waals surface area contributed by atoms with Crippen LogP contribution in [-0.4, -0.2) is 29.2 Å². The van der Waals surface area contributed by atoms with E-state index < -0.39 is 16.9 Å². The molecule has 1 atom stereocenters. The monoisotopic (exact) mass is 579 g/mol. The van der Waals surface area contributed by atoms with Gasteiger partial charge in [-0.15, -0.1) is 0 Å². The lowest BCUT2D eigenvalue weighted by molar-refractivity contribution is -0.384. The lowest BCUT2D eigenvalue weighted by atomic mass is 9.95. The van der Waals surface area contributed by atoms with Crippen molar-refractivity contribution in [1.82, 2.24) is 4.57 Å². The van der Waals surface area contributed by atoms with Gasteiger partial charge in [-0.1, -0.05) is 35.1 Å². The van der Waals surface area contributed by atoms with Crippen molar-refractivity contribution in [2.45, 2.75) is 19.9 Å². The van der Waals surface area contributed by atoms with Gasteiger partial charge >= 0.3 is 5.97 Å². The number of halogens is 1. The number of nitro groups is 1. The number of ether oxygens (including phenoxy) is 2. The molecule has 10 nitrogen and oxygen atoms in total. The predicted octanol–water partition coefficient (Wildman–Crippen LogP) is 4.63. The van der Waals surface area contributed by atoms with Gasteiger partial charge in [-0.2, -0.15) is 0 Å². The Bertz CT molecular complexity index is 1870. The van der Waals surface area contributed by atoms with E-state index in [0.29, 0.717) is 43.4 Å². The second-order valence-corrected chi connectivity index (χ2v) is 10.1. The molecule has 0 N–H and O–H groups in total. The summed E-state index contributed by atoms with van der Waals surface area (Å²) < 4.78 is 18.4. The minimum Gasteiger partial charge on any atom is -0.497 e. The highest BCUT2D eigenvalue weighted by molar-refractivity contribution is 7.07. The third-order valence-corrected chi connectivity index (χ3v) is 7.55. The number of rotatable bonds is 7. The highest BCUT2D eigenvalue weighted by Gasteiger charge is 2.33. The van der Waals surface area contributed by atoms with E-state index >= 15 is 0 Å². The average molecular weight is 580 g/mol. The second kappa shape index (κ2) is 10.9. The van der Waals surface area contributed by atoms with Crippen LogP contribution < -0.4 is 19.6 Å². The van der Waals surface area contributed by atoms with Crippen LogP contribution in [0.1, 0.15) is 31.2 Å². The number of esters is 1. The number of non-ortho nitro benzene ring substituents is 1. The van der Waals surface area contributed by atoms with Crippen LogP contribution in [0.4, 0.5) is 5.69 Å². The number of nitrogens with zero attached hydrogens (tertiary/aromatic N) is 3. The highest BCUT2D eigenvalue weighted by Crippen LogP contribution is 2.33. The fraction of sp³-hybridized carbons (Fsp3) is 0.179. The van der Waals surface area contributed by atoms with Crippen LogP contribution >= 0.6 is 22.9 Å². The molecule has 204 valence electrons. The number of thiazole rings is 1. The number of hydrogen-bond acceptors (Lipinski definition) is 9. The summed E-state index contributed by atoms with van der Waals surface area (Å²) in [4.78, 5) is 42.3. The normalized spacial score (nSPS) is 15.0. The zero-order valence-electron chi connectivity index (χ0n) is 21.5. The van der Waals surface area contributed by atoms with E-state index in [2.05, 4.69) is 4.99 Å². The maximum absolute atomic E-state index is 13.8. The zero-order valence-corrected chi connectivity index (χ0v) is 23.1. The molecule has 0 amide bonds. The van der Waals surface area contributed by atoms with Gasteiger partial charge in [0.2, 0.25) is 0 Å². The molecule has 0 fully saturated rings. The number of carbonyl (C=O) groups is 1. The number of allylic oxidation sites excluding steroid dienone is 1. The van der Waals surface area contributed by atoms with Crippen LogP contribution in [0.5, 0.6) is 5.75 Å². The number of benzene rings is 2. The van der Waals surface area contributed by atoms with Crippen LogP contribution in [0.2, 0.25) is 5.02 Å². The fourth-order valence-electron chi connectivity index (χ4n) is 4.44. The molecule has 0 aliphatic carbocycles. The van der Waals surface area contributed by atoms with Crippen molar-refractivity contribution in [2.75, 3.05) is 13.7 Å². The summed E-state index contributed by atoms with van der Waals surface area (Å²) in [6.45, 7) is 3.60. The number of hydrogen-bond donors (Lipinski definition) is 0. The van der Waals surface area contributed by atoms with E-state index in [-0.39, 0.29) is 28.4 Å². The van der Waals surface area contributed by atoms with Crippen LogP contribution in [-0.2, 0) is 9.53 Å². The molecule has 0 spiro atoms. The summed E-state index contributed by atoms with van der Waals surface area (Å²) in [6, 6.07) is 13.8. The lowest BCUT2D eigenvalue weighted by Crippen LogP contribution is -2.39. The molecule has 4 aromatic rings. The standard InChI is InChI=1S/C28H22ClN3O7S/c1-4-38-27(34)24-15(2)30-28-31(25(24)16-6-5-7-18(12-16)37-3)26(33)23(40-28)14-19-9-11-22(39-19)20-10-8-17(32(35)36)13-21(20)29/h5-14,25H,4H2,1-3H3/b23-14-/t25-/m0/s1. The van der Waals surface area contributed by atoms with E-state index in [0.717, 1.165) is 11.3 Å². The topological polar surface area (TPSA) is 126 Å². The van der Waals surface area contributed by atoms with Gasteiger partial charge in [-0.3, -0.25) is 19.5 Å². The van der Waals surface area contributed by atoms with Gasteiger partial charge in [0.25, 0.3) is 11.2 Å². The summed E-state index contributed by atoms with van der Waals surface area (Å²) >= 11 is 7.41. The van der Waals surface area contributed by atoms with Crippen molar-refractivity contribution in [2.24, 2.45) is 4.99 Å². The lowest BCUT2D eigenvalue weighted by Gasteiger charge is -2.24. The van der Waals surface area contributed by atoms with Gasteiger partial charge in [0.05, 0.1) is 45.5 Å². The van der Waals surface area contributed by atoms with Crippen molar-refractivity contribution in [3.63, 3.8) is 0 Å². The van der Waals surface area contributed by atoms with Gasteiger partial charge < -0.3 is 13.9 Å². The molecule has 40 heavy (non-hydrogen) atoms. The molecule has 0 saturated carbocycles. The minimum absolute atomic E-state index is 0.135. The van der Waals surface area contributed by atoms with Gasteiger partial charge in [0.1, 0.15) is 17.3 Å². The molecule has 12 heteroatoms. The van der Waals surface area contributed by atoms with Gasteiger partial charge in [0.15, 0.2) is 4.80 Å². The predicted molar refractivity (Wildman–Crippen MR) is 149 cm³/mol. The van der Waals surface area contributed by atoms with E-state index in [1.165, 1.54) is 22.8 Å². The molecule has 3 heterocycles. The largest absolute Gasteiger partial charge is 0.497 e. The summed E-state index contributed by atoms with van der Waals surface area (Å²) in [5.74, 6) is 0.773. The van der Waals surface area contributed by atoms with Crippen LogP contribution in [0.25, 0.3) is 17.4 Å². The Morgan fingerprint density at radius 3 is 2.75 bits per heavy atom. The molecular formula is C28H22ClN3O7S. The van der Waals surface area contributed by atoms with Crippen molar-refractivity contribution in [3.8, 4) is 17.1 Å². The number of carbonyl (C=O) groups excluding carboxylic acids is 1. The first-order valence-electron chi connectivity index (χ1n) is 12.1. The molecule has 0 radical (unpaired) electrons. The average Bonchev–Trinajstić information content (AvgIpc) is 3.52. The molecule has 2 aromatic heterocycles. The Balaban J connectivity index is 1.62. The Labute approximate surface area is 236 Å². The van der Waals surface area contributed by atoms with Crippen molar-refractivity contribution in [3.05, 3.63) is 112 Å². The zero-order chi connectivity index (χ0) is 28.6. The third kappa shape index (κ3) is 4.96. The Morgan fingerprint density at radius 1 is 1.25 bits per heavy atom. The first-order valence-corrected chi connectivity index (χ1v) is 13.3. The smallest absolute Gasteiger partial charge is 0.338 e. The molecule has 2 aromatic carbocycles. The summed E-state index contributed by atoms with van der Waals surface area (Å²) in [6.07, 6.45) is 1.58. The van der Waals surface area contributed by atoms with Crippen molar-refractivity contribution < 1.29 is 23.6 Å². The first-order chi connectivity index (χ1) is 19.2. The Kier molecular flexibility index (Phi) is 7.42. The molecule has 0 saturated heterocycles. The molecule has 1 aliphatic rings. The molecule has 5 rings (SSSR count). The highest BCUT2D eigenvalue weighted by atomic mass is 35.5. The summed E-state index contributed by atoms with van der Waals surface area (Å²) in [5.41, 5.74) is 1.36. The number of furan rings is 1. The van der Waals surface area contributed by atoms with Crippen LogP contribution in [0, 0.1) is 10.1 Å². The molecular weight excluding hydrogens is 558 g/mol. The second-order valence-electron chi connectivity index (χ2n) is 8.70. The van der Waals surface area contributed by atoms with E-state index in [1.807, 2.05) is 6.07 Å². The maximum atomic E-state index is 13.8. The molecule has 0 bridgehead atoms. The summed E-state index contributed by atoms with van der Waals surface area (Å²) in [7, 11) is 1.54. The first kappa shape index (κ1) is 27.1. The number of fused-ring (bicyclic) bond motifs is 1. The van der Waals surface area contributed by atoms with Crippen LogP contribution in [0.15, 0.2) is 80.1 Å². The van der Waals surface area contributed by atoms with E-state index in [9.17, 15) is 19.7 Å². The van der Waals surface area contributed by atoms with Crippen molar-refractivity contribution >= 4 is 40.7 Å². The number of nitro benzene ring substituents is 1. The van der Waals surface area contributed by atoms with Crippen molar-refractivity contribution in [1.29, 1.82) is 0 Å². The fourth-order valence-corrected chi connectivity index (χ4v) is 5.73.